The van der Waals surface area contributed by atoms with E-state index in [2.05, 4.69) is 31.3 Å². The minimum Gasteiger partial charge on any atom is -0.325 e. The number of sulfonamides is 1. The molecule has 20 heavy (non-hydrogen) atoms. The molecule has 6 nitrogen and oxygen atoms in total. The van der Waals surface area contributed by atoms with Gasteiger partial charge in [-0.15, -0.1) is 0 Å². The van der Waals surface area contributed by atoms with E-state index in [9.17, 15) is 13.2 Å². The molecule has 1 aromatic carbocycles. The Morgan fingerprint density at radius 3 is 2.55 bits per heavy atom. The van der Waals surface area contributed by atoms with Crippen LogP contribution in [0.4, 0.5) is 5.69 Å². The Morgan fingerprint density at radius 1 is 1.30 bits per heavy atom. The van der Waals surface area contributed by atoms with Gasteiger partial charge < -0.3 is 10.6 Å². The third kappa shape index (κ3) is 5.20. The van der Waals surface area contributed by atoms with Crippen molar-refractivity contribution in [3.63, 3.8) is 0 Å². The normalized spacial score (nSPS) is 11.3. The number of anilines is 1. The lowest BCUT2D eigenvalue weighted by molar-refractivity contribution is -0.114. The summed E-state index contributed by atoms with van der Waals surface area (Å²) in [6.45, 7) is 2.50. The van der Waals surface area contributed by atoms with Gasteiger partial charge in [-0.05, 0) is 54.1 Å². The molecule has 112 valence electrons. The van der Waals surface area contributed by atoms with Crippen LogP contribution in [0.5, 0.6) is 0 Å². The number of nitrogens with one attached hydrogen (secondary N) is 3. The van der Waals surface area contributed by atoms with Crippen molar-refractivity contribution in [2.75, 3.05) is 25.5 Å². The monoisotopic (exact) mass is 363 g/mol. The summed E-state index contributed by atoms with van der Waals surface area (Å²) < 4.78 is 27.1. The Labute approximate surface area is 127 Å². The zero-order valence-electron chi connectivity index (χ0n) is 11.4. The molecule has 0 saturated carbocycles. The van der Waals surface area contributed by atoms with E-state index >= 15 is 0 Å². The van der Waals surface area contributed by atoms with Crippen LogP contribution in [0.2, 0.25) is 0 Å². The van der Waals surface area contributed by atoms with E-state index in [1.54, 1.807) is 6.07 Å². The predicted octanol–water partition coefficient (Wildman–Crippen LogP) is 1.30. The summed E-state index contributed by atoms with van der Waals surface area (Å²) in [6, 6.07) is 4.47. The SMILES string of the molecule is CNCCCNS(=O)(=O)c1ccc(NC(C)=O)c(Br)c1. The summed E-state index contributed by atoms with van der Waals surface area (Å²) >= 11 is 3.24. The van der Waals surface area contributed by atoms with Gasteiger partial charge in [-0.2, -0.15) is 0 Å². The molecule has 0 heterocycles. The largest absolute Gasteiger partial charge is 0.325 e. The Bertz CT molecular complexity index is 575. The number of rotatable bonds is 7. The van der Waals surface area contributed by atoms with Crippen LogP contribution in [0.15, 0.2) is 27.6 Å². The second-order valence-electron chi connectivity index (χ2n) is 4.18. The molecule has 8 heteroatoms. The van der Waals surface area contributed by atoms with Crippen molar-refractivity contribution in [3.8, 4) is 0 Å². The standard InChI is InChI=1S/C12H18BrN3O3S/c1-9(17)16-12-5-4-10(8-11(12)13)20(18,19)15-7-3-6-14-2/h4-5,8,14-15H,3,6-7H2,1-2H3,(H,16,17). The molecule has 0 fully saturated rings. The molecule has 0 bridgehead atoms. The molecule has 1 aromatic rings. The first-order chi connectivity index (χ1) is 9.36. The van der Waals surface area contributed by atoms with Crippen LogP contribution in [0.1, 0.15) is 13.3 Å². The van der Waals surface area contributed by atoms with Gasteiger partial charge in [0.2, 0.25) is 15.9 Å². The fourth-order valence-electron chi connectivity index (χ4n) is 1.51. The first kappa shape index (κ1) is 17.1. The van der Waals surface area contributed by atoms with Crippen molar-refractivity contribution in [2.45, 2.75) is 18.2 Å². The third-order valence-electron chi connectivity index (χ3n) is 2.46. The van der Waals surface area contributed by atoms with Crippen LogP contribution in [0.3, 0.4) is 0 Å². The van der Waals surface area contributed by atoms with Gasteiger partial charge in [-0.3, -0.25) is 4.79 Å². The molecule has 0 aliphatic carbocycles. The number of halogens is 1. The zero-order chi connectivity index (χ0) is 15.2. The van der Waals surface area contributed by atoms with Gasteiger partial charge in [-0.1, -0.05) is 0 Å². The first-order valence-corrected chi connectivity index (χ1v) is 8.36. The number of carbonyl (C=O) groups excluding carboxylic acids is 1. The van der Waals surface area contributed by atoms with Crippen molar-refractivity contribution in [3.05, 3.63) is 22.7 Å². The summed E-state index contributed by atoms with van der Waals surface area (Å²) in [7, 11) is -1.72. The van der Waals surface area contributed by atoms with Crippen LogP contribution in [0, 0.1) is 0 Å². The highest BCUT2D eigenvalue weighted by molar-refractivity contribution is 9.10. The summed E-state index contributed by atoms with van der Waals surface area (Å²) in [6.07, 6.45) is 0.709. The fourth-order valence-corrected chi connectivity index (χ4v) is 3.24. The average molecular weight is 364 g/mol. The van der Waals surface area contributed by atoms with Gasteiger partial charge in [0, 0.05) is 17.9 Å². The van der Waals surface area contributed by atoms with Crippen molar-refractivity contribution in [1.29, 1.82) is 0 Å². The van der Waals surface area contributed by atoms with E-state index in [1.165, 1.54) is 19.1 Å². The molecule has 0 aliphatic rings. The topological polar surface area (TPSA) is 87.3 Å². The van der Waals surface area contributed by atoms with Gasteiger partial charge in [0.15, 0.2) is 0 Å². The van der Waals surface area contributed by atoms with E-state index in [0.717, 1.165) is 6.54 Å². The molecular weight excluding hydrogens is 346 g/mol. The summed E-state index contributed by atoms with van der Waals surface area (Å²) in [5.74, 6) is -0.216. The van der Waals surface area contributed by atoms with E-state index < -0.39 is 10.0 Å². The van der Waals surface area contributed by atoms with Crippen LogP contribution in [0.25, 0.3) is 0 Å². The molecule has 3 N–H and O–H groups in total. The van der Waals surface area contributed by atoms with E-state index in [-0.39, 0.29) is 10.8 Å². The van der Waals surface area contributed by atoms with Crippen LogP contribution < -0.4 is 15.4 Å². The fraction of sp³-hybridized carbons (Fsp3) is 0.417. The molecule has 0 unspecified atom stereocenters. The number of hydrogen-bond donors (Lipinski definition) is 3. The molecule has 0 saturated heterocycles. The lowest BCUT2D eigenvalue weighted by Crippen LogP contribution is -2.26. The van der Waals surface area contributed by atoms with Crippen LogP contribution in [-0.2, 0) is 14.8 Å². The predicted molar refractivity (Wildman–Crippen MR) is 82.2 cm³/mol. The van der Waals surface area contributed by atoms with Crippen molar-refractivity contribution in [1.82, 2.24) is 10.0 Å². The van der Waals surface area contributed by atoms with Crippen LogP contribution >= 0.6 is 15.9 Å². The number of amides is 1. The van der Waals surface area contributed by atoms with Gasteiger partial charge >= 0.3 is 0 Å². The Balaban J connectivity index is 2.80. The average Bonchev–Trinajstić information content (AvgIpc) is 2.36. The molecule has 1 amide bonds. The van der Waals surface area contributed by atoms with E-state index in [0.29, 0.717) is 23.1 Å². The lowest BCUT2D eigenvalue weighted by atomic mass is 10.3. The Hall–Kier alpha value is -0.960. The van der Waals surface area contributed by atoms with E-state index in [1.807, 2.05) is 7.05 Å². The molecule has 0 radical (unpaired) electrons. The maximum absolute atomic E-state index is 12.0. The summed E-state index contributed by atoms with van der Waals surface area (Å²) in [5, 5.41) is 5.55. The highest BCUT2D eigenvalue weighted by Gasteiger charge is 2.15. The van der Waals surface area contributed by atoms with Crippen molar-refractivity contribution >= 4 is 37.5 Å². The van der Waals surface area contributed by atoms with Gasteiger partial charge in [0.05, 0.1) is 10.6 Å². The summed E-state index contributed by atoms with van der Waals surface area (Å²) in [5.41, 5.74) is 0.534. The minimum absolute atomic E-state index is 0.155. The summed E-state index contributed by atoms with van der Waals surface area (Å²) in [4.78, 5) is 11.1. The van der Waals surface area contributed by atoms with Gasteiger partial charge in [0.25, 0.3) is 0 Å². The number of benzene rings is 1. The quantitative estimate of drug-likeness (QED) is 0.637. The molecule has 1 rings (SSSR count). The maximum Gasteiger partial charge on any atom is 0.240 e. The third-order valence-corrected chi connectivity index (χ3v) is 4.57. The Kier molecular flexibility index (Phi) is 6.60. The Morgan fingerprint density at radius 2 is 2.00 bits per heavy atom. The second kappa shape index (κ2) is 7.72. The van der Waals surface area contributed by atoms with Gasteiger partial charge in [0.1, 0.15) is 0 Å². The maximum atomic E-state index is 12.0. The number of carbonyl (C=O) groups is 1. The minimum atomic E-state index is -3.53. The highest BCUT2D eigenvalue weighted by Crippen LogP contribution is 2.25. The molecule has 0 spiro atoms. The highest BCUT2D eigenvalue weighted by atomic mass is 79.9. The smallest absolute Gasteiger partial charge is 0.240 e. The van der Waals surface area contributed by atoms with Crippen LogP contribution in [-0.4, -0.2) is 34.5 Å². The van der Waals surface area contributed by atoms with Crippen molar-refractivity contribution in [2.24, 2.45) is 0 Å². The van der Waals surface area contributed by atoms with Gasteiger partial charge in [-0.25, -0.2) is 13.1 Å². The van der Waals surface area contributed by atoms with Crippen molar-refractivity contribution < 1.29 is 13.2 Å². The molecule has 0 atom stereocenters. The second-order valence-corrected chi connectivity index (χ2v) is 6.80. The number of hydrogen-bond acceptors (Lipinski definition) is 4. The first-order valence-electron chi connectivity index (χ1n) is 6.08. The zero-order valence-corrected chi connectivity index (χ0v) is 13.8. The molecular formula is C12H18BrN3O3S. The lowest BCUT2D eigenvalue weighted by Gasteiger charge is -2.09. The van der Waals surface area contributed by atoms with E-state index in [4.69, 9.17) is 0 Å². The molecule has 0 aliphatic heterocycles. The molecule has 0 aromatic heterocycles.